The SMILES string of the molecule is CC1CCN(Cc2ccc3ncccc3c2)C(CN)C1. The van der Waals surface area contributed by atoms with Crippen molar-refractivity contribution in [2.75, 3.05) is 13.1 Å². The Bertz CT molecular complexity index is 581. The van der Waals surface area contributed by atoms with Crippen molar-refractivity contribution in [3.8, 4) is 0 Å². The van der Waals surface area contributed by atoms with Gasteiger partial charge in [-0.3, -0.25) is 9.88 Å². The fourth-order valence-corrected chi connectivity index (χ4v) is 3.21. The molecule has 1 aliphatic rings. The maximum Gasteiger partial charge on any atom is 0.0702 e. The van der Waals surface area contributed by atoms with E-state index >= 15 is 0 Å². The zero-order valence-corrected chi connectivity index (χ0v) is 12.1. The Morgan fingerprint density at radius 1 is 1.35 bits per heavy atom. The van der Waals surface area contributed by atoms with Crippen molar-refractivity contribution < 1.29 is 0 Å². The molecule has 0 amide bonds. The summed E-state index contributed by atoms with van der Waals surface area (Å²) in [5.74, 6) is 0.806. The third-order valence-corrected chi connectivity index (χ3v) is 4.43. The van der Waals surface area contributed by atoms with Gasteiger partial charge in [0, 0.05) is 30.7 Å². The van der Waals surface area contributed by atoms with E-state index in [2.05, 4.69) is 41.1 Å². The number of likely N-dealkylation sites (tertiary alicyclic amines) is 1. The molecule has 106 valence electrons. The van der Waals surface area contributed by atoms with Gasteiger partial charge in [0.2, 0.25) is 0 Å². The molecule has 1 fully saturated rings. The summed E-state index contributed by atoms with van der Waals surface area (Å²) in [5.41, 5.74) is 8.38. The smallest absolute Gasteiger partial charge is 0.0702 e. The molecule has 2 heterocycles. The minimum Gasteiger partial charge on any atom is -0.329 e. The molecule has 2 N–H and O–H groups in total. The minimum atomic E-state index is 0.531. The van der Waals surface area contributed by atoms with E-state index in [1.807, 2.05) is 12.3 Å². The normalized spacial score (nSPS) is 24.1. The second-order valence-electron chi connectivity index (χ2n) is 6.02. The lowest BCUT2D eigenvalue weighted by atomic mass is 9.92. The summed E-state index contributed by atoms with van der Waals surface area (Å²) in [4.78, 5) is 6.92. The zero-order valence-electron chi connectivity index (χ0n) is 12.1. The topological polar surface area (TPSA) is 42.2 Å². The van der Waals surface area contributed by atoms with E-state index in [4.69, 9.17) is 5.73 Å². The van der Waals surface area contributed by atoms with E-state index < -0.39 is 0 Å². The van der Waals surface area contributed by atoms with E-state index in [0.717, 1.165) is 31.1 Å². The van der Waals surface area contributed by atoms with Gasteiger partial charge in [0.25, 0.3) is 0 Å². The van der Waals surface area contributed by atoms with E-state index in [9.17, 15) is 0 Å². The fraction of sp³-hybridized carbons (Fsp3) is 0.471. The van der Waals surface area contributed by atoms with Crippen LogP contribution in [-0.2, 0) is 6.54 Å². The second kappa shape index (κ2) is 5.90. The number of benzene rings is 1. The average Bonchev–Trinajstić information content (AvgIpc) is 2.49. The molecule has 1 aromatic carbocycles. The van der Waals surface area contributed by atoms with Crippen LogP contribution in [0.25, 0.3) is 10.9 Å². The molecule has 0 bridgehead atoms. The summed E-state index contributed by atoms with van der Waals surface area (Å²) < 4.78 is 0. The Balaban J connectivity index is 1.78. The van der Waals surface area contributed by atoms with Crippen LogP contribution in [0.2, 0.25) is 0 Å². The van der Waals surface area contributed by atoms with E-state index in [1.54, 1.807) is 0 Å². The molecule has 0 spiro atoms. The molecule has 2 atom stereocenters. The molecule has 0 aliphatic carbocycles. The van der Waals surface area contributed by atoms with Crippen LogP contribution < -0.4 is 5.73 Å². The number of nitrogens with two attached hydrogens (primary N) is 1. The van der Waals surface area contributed by atoms with Gasteiger partial charge < -0.3 is 5.73 Å². The van der Waals surface area contributed by atoms with Gasteiger partial charge in [0.05, 0.1) is 5.52 Å². The first-order valence-electron chi connectivity index (χ1n) is 7.54. The Morgan fingerprint density at radius 2 is 2.25 bits per heavy atom. The molecule has 1 aliphatic heterocycles. The van der Waals surface area contributed by atoms with Crippen molar-refractivity contribution >= 4 is 10.9 Å². The first kappa shape index (κ1) is 13.5. The summed E-state index contributed by atoms with van der Waals surface area (Å²) in [6.45, 7) is 5.26. The summed E-state index contributed by atoms with van der Waals surface area (Å²) >= 11 is 0. The van der Waals surface area contributed by atoms with Crippen LogP contribution >= 0.6 is 0 Å². The van der Waals surface area contributed by atoms with Crippen molar-refractivity contribution in [2.24, 2.45) is 11.7 Å². The average molecular weight is 269 g/mol. The lowest BCUT2D eigenvalue weighted by molar-refractivity contribution is 0.115. The Labute approximate surface area is 120 Å². The van der Waals surface area contributed by atoms with Crippen molar-refractivity contribution in [3.05, 3.63) is 42.1 Å². The number of rotatable bonds is 3. The quantitative estimate of drug-likeness (QED) is 0.931. The largest absolute Gasteiger partial charge is 0.329 e. The Morgan fingerprint density at radius 3 is 3.10 bits per heavy atom. The monoisotopic (exact) mass is 269 g/mol. The number of aromatic nitrogens is 1. The number of piperidine rings is 1. The van der Waals surface area contributed by atoms with Crippen LogP contribution in [0, 0.1) is 5.92 Å². The standard InChI is InChI=1S/C17H23N3/c1-13-6-8-20(16(9-13)11-18)12-14-4-5-17-15(10-14)3-2-7-19-17/h2-5,7,10,13,16H,6,8-9,11-12,18H2,1H3. The van der Waals surface area contributed by atoms with Gasteiger partial charge >= 0.3 is 0 Å². The van der Waals surface area contributed by atoms with Crippen molar-refractivity contribution in [1.29, 1.82) is 0 Å². The van der Waals surface area contributed by atoms with Gasteiger partial charge in [-0.1, -0.05) is 19.1 Å². The summed E-state index contributed by atoms with van der Waals surface area (Å²) in [5, 5.41) is 1.22. The second-order valence-corrected chi connectivity index (χ2v) is 6.02. The molecule has 20 heavy (non-hydrogen) atoms. The molecular weight excluding hydrogens is 246 g/mol. The summed E-state index contributed by atoms with van der Waals surface area (Å²) in [6.07, 6.45) is 4.36. The Hall–Kier alpha value is -1.45. The third kappa shape index (κ3) is 2.84. The van der Waals surface area contributed by atoms with Crippen molar-refractivity contribution in [2.45, 2.75) is 32.4 Å². The van der Waals surface area contributed by atoms with E-state index in [0.29, 0.717) is 6.04 Å². The molecule has 3 nitrogen and oxygen atoms in total. The number of pyridine rings is 1. The van der Waals surface area contributed by atoms with Crippen LogP contribution in [0.15, 0.2) is 36.5 Å². The first-order valence-corrected chi connectivity index (χ1v) is 7.54. The highest BCUT2D eigenvalue weighted by Crippen LogP contribution is 2.24. The fourth-order valence-electron chi connectivity index (χ4n) is 3.21. The summed E-state index contributed by atoms with van der Waals surface area (Å²) in [6, 6.07) is 11.2. The molecule has 0 radical (unpaired) electrons. The van der Waals surface area contributed by atoms with Gasteiger partial charge in [-0.2, -0.15) is 0 Å². The molecule has 3 heteroatoms. The van der Waals surface area contributed by atoms with Crippen LogP contribution in [-0.4, -0.2) is 29.0 Å². The Kier molecular flexibility index (Phi) is 3.99. The maximum absolute atomic E-state index is 5.95. The molecule has 0 saturated carbocycles. The van der Waals surface area contributed by atoms with Crippen LogP contribution in [0.5, 0.6) is 0 Å². The highest BCUT2D eigenvalue weighted by molar-refractivity contribution is 5.78. The predicted molar refractivity (Wildman–Crippen MR) is 83.4 cm³/mol. The first-order chi connectivity index (χ1) is 9.76. The van der Waals surface area contributed by atoms with Crippen molar-refractivity contribution in [3.63, 3.8) is 0 Å². The van der Waals surface area contributed by atoms with Crippen LogP contribution in [0.4, 0.5) is 0 Å². The van der Waals surface area contributed by atoms with E-state index in [-0.39, 0.29) is 0 Å². The van der Waals surface area contributed by atoms with Gasteiger partial charge in [0.15, 0.2) is 0 Å². The molecule has 1 saturated heterocycles. The predicted octanol–water partition coefficient (Wildman–Crippen LogP) is 2.79. The number of fused-ring (bicyclic) bond motifs is 1. The molecule has 2 unspecified atom stereocenters. The lowest BCUT2D eigenvalue weighted by Gasteiger charge is -2.38. The lowest BCUT2D eigenvalue weighted by Crippen LogP contribution is -2.45. The molecule has 3 rings (SSSR count). The van der Waals surface area contributed by atoms with E-state index in [1.165, 1.54) is 23.8 Å². The van der Waals surface area contributed by atoms with Crippen LogP contribution in [0.1, 0.15) is 25.3 Å². The molecular formula is C17H23N3. The maximum atomic E-state index is 5.95. The number of hydrogen-bond donors (Lipinski definition) is 1. The molecule has 1 aromatic heterocycles. The van der Waals surface area contributed by atoms with Gasteiger partial charge in [0.1, 0.15) is 0 Å². The van der Waals surface area contributed by atoms with Crippen molar-refractivity contribution in [1.82, 2.24) is 9.88 Å². The number of nitrogens with zero attached hydrogens (tertiary/aromatic N) is 2. The van der Waals surface area contributed by atoms with Crippen LogP contribution in [0.3, 0.4) is 0 Å². The highest BCUT2D eigenvalue weighted by atomic mass is 15.2. The van der Waals surface area contributed by atoms with Gasteiger partial charge in [-0.15, -0.1) is 0 Å². The number of hydrogen-bond acceptors (Lipinski definition) is 3. The summed E-state index contributed by atoms with van der Waals surface area (Å²) in [7, 11) is 0. The highest BCUT2D eigenvalue weighted by Gasteiger charge is 2.25. The zero-order chi connectivity index (χ0) is 13.9. The third-order valence-electron chi connectivity index (χ3n) is 4.43. The van der Waals surface area contributed by atoms with Gasteiger partial charge in [-0.05, 0) is 49.1 Å². The van der Waals surface area contributed by atoms with Gasteiger partial charge in [-0.25, -0.2) is 0 Å². The molecule has 2 aromatic rings. The minimum absolute atomic E-state index is 0.531.